The van der Waals surface area contributed by atoms with Crippen LogP contribution in [0.1, 0.15) is 6.42 Å². The van der Waals surface area contributed by atoms with E-state index in [9.17, 15) is 4.39 Å². The summed E-state index contributed by atoms with van der Waals surface area (Å²) in [4.78, 5) is 2.82. The maximum absolute atomic E-state index is 12.9. The van der Waals surface area contributed by atoms with Crippen molar-refractivity contribution in [1.82, 2.24) is 0 Å². The summed E-state index contributed by atoms with van der Waals surface area (Å²) in [5, 5.41) is -0.312. The highest BCUT2D eigenvalue weighted by molar-refractivity contribution is 6.76. The molecule has 0 atom stereocenters. The Balaban J connectivity index is 4.06. The van der Waals surface area contributed by atoms with Crippen LogP contribution >= 0.6 is 11.6 Å². The zero-order valence-corrected chi connectivity index (χ0v) is 9.37. The first kappa shape index (κ1) is 11.7. The van der Waals surface area contributed by atoms with Gasteiger partial charge in [0.15, 0.2) is 0 Å². The van der Waals surface area contributed by atoms with Gasteiger partial charge in [-0.15, -0.1) is 11.6 Å². The quantitative estimate of drug-likeness (QED) is 0.373. The van der Waals surface area contributed by atoms with Crippen molar-refractivity contribution in [1.29, 1.82) is 0 Å². The minimum absolute atomic E-state index is 0.312. The van der Waals surface area contributed by atoms with Crippen molar-refractivity contribution < 1.29 is 4.39 Å². The van der Waals surface area contributed by atoms with Crippen LogP contribution in [0.5, 0.6) is 0 Å². The van der Waals surface area contributed by atoms with Crippen LogP contribution in [-0.2, 0) is 0 Å². The molecule has 0 bridgehead atoms. The van der Waals surface area contributed by atoms with Crippen molar-refractivity contribution in [3.63, 3.8) is 0 Å². The smallest absolute Gasteiger partial charge is 0.224 e. The van der Waals surface area contributed by atoms with Gasteiger partial charge in [0.05, 0.1) is 6.57 Å². The third kappa shape index (κ3) is 5.33. The molecule has 0 fully saturated rings. The van der Waals surface area contributed by atoms with Gasteiger partial charge in [0.25, 0.3) is 5.16 Å². The monoisotopic (exact) mass is 205 g/mol. The molecule has 0 aromatic rings. The lowest BCUT2D eigenvalue weighted by Gasteiger charge is -2.14. The summed E-state index contributed by atoms with van der Waals surface area (Å²) in [5.74, 6) is -0.464. The molecule has 0 rings (SSSR count). The fourth-order valence-corrected chi connectivity index (χ4v) is 1.71. The Labute approximate surface area is 79.1 Å². The molecular formula is C8H13ClFNSi. The molecule has 0 amide bonds. The maximum Gasteiger partial charge on any atom is 0.283 e. The second-order valence-electron chi connectivity index (χ2n) is 3.87. The summed E-state index contributed by atoms with van der Waals surface area (Å²) >= 11 is 5.31. The van der Waals surface area contributed by atoms with Gasteiger partial charge in [0.2, 0.25) is 0 Å². The van der Waals surface area contributed by atoms with Crippen LogP contribution in [0.25, 0.3) is 4.85 Å². The Morgan fingerprint density at radius 2 is 2.00 bits per heavy atom. The Hall–Kier alpha value is -0.333. The van der Waals surface area contributed by atoms with Crippen LogP contribution in [0.4, 0.5) is 4.39 Å². The number of halogens is 2. The SMILES string of the molecule is [C-]#[N+]/C(Cl)=C(\F)CC[Si](C)(C)C. The van der Waals surface area contributed by atoms with E-state index < -0.39 is 13.9 Å². The lowest BCUT2D eigenvalue weighted by atomic mass is 10.4. The fourth-order valence-electron chi connectivity index (χ4n) is 0.649. The molecule has 0 aliphatic heterocycles. The zero-order chi connectivity index (χ0) is 9.78. The standard InChI is InChI=1S/C8H13ClFNSi/c1-11-8(9)7(10)5-6-12(2,3)4/h5-6H2,2-4H3/b8-7-. The Morgan fingerprint density at radius 1 is 1.50 bits per heavy atom. The summed E-state index contributed by atoms with van der Waals surface area (Å²) in [5.41, 5.74) is 0. The van der Waals surface area contributed by atoms with E-state index in [4.69, 9.17) is 18.2 Å². The van der Waals surface area contributed by atoms with Gasteiger partial charge in [-0.3, -0.25) is 0 Å². The number of allylic oxidation sites excluding steroid dienone is 1. The van der Waals surface area contributed by atoms with E-state index in [1.165, 1.54) is 0 Å². The van der Waals surface area contributed by atoms with E-state index in [0.717, 1.165) is 6.04 Å². The van der Waals surface area contributed by atoms with Crippen molar-refractivity contribution in [3.8, 4) is 0 Å². The number of rotatable bonds is 3. The molecule has 0 unspecified atom stereocenters. The topological polar surface area (TPSA) is 4.36 Å². The van der Waals surface area contributed by atoms with Gasteiger partial charge in [0, 0.05) is 8.07 Å². The van der Waals surface area contributed by atoms with Crippen molar-refractivity contribution in [3.05, 3.63) is 22.4 Å². The third-order valence-corrected chi connectivity index (χ3v) is 3.46. The minimum Gasteiger partial charge on any atom is -0.224 e. The van der Waals surface area contributed by atoms with E-state index in [1.54, 1.807) is 0 Å². The molecule has 12 heavy (non-hydrogen) atoms. The van der Waals surface area contributed by atoms with Gasteiger partial charge >= 0.3 is 0 Å². The third-order valence-electron chi connectivity index (χ3n) is 1.42. The summed E-state index contributed by atoms with van der Waals surface area (Å²) in [6.07, 6.45) is 0.316. The van der Waals surface area contributed by atoms with Gasteiger partial charge in [0.1, 0.15) is 5.83 Å². The van der Waals surface area contributed by atoms with Gasteiger partial charge in [-0.05, 0) is 6.42 Å². The molecule has 0 aromatic heterocycles. The predicted octanol–water partition coefficient (Wildman–Crippen LogP) is 4.01. The van der Waals surface area contributed by atoms with Crippen LogP contribution < -0.4 is 0 Å². The Bertz CT molecular complexity index is 224. The van der Waals surface area contributed by atoms with Crippen LogP contribution in [-0.4, -0.2) is 8.07 Å². The van der Waals surface area contributed by atoms with Gasteiger partial charge < -0.3 is 0 Å². The van der Waals surface area contributed by atoms with Crippen molar-refractivity contribution in [2.75, 3.05) is 0 Å². The van der Waals surface area contributed by atoms with E-state index in [2.05, 4.69) is 24.5 Å². The molecule has 0 aliphatic carbocycles. The van der Waals surface area contributed by atoms with Gasteiger partial charge in [-0.2, -0.15) is 0 Å². The molecular weight excluding hydrogens is 193 g/mol. The molecule has 0 heterocycles. The second kappa shape index (κ2) is 4.63. The normalized spacial score (nSPS) is 13.7. The predicted molar refractivity (Wildman–Crippen MR) is 53.4 cm³/mol. The van der Waals surface area contributed by atoms with Crippen molar-refractivity contribution >= 4 is 19.7 Å². The van der Waals surface area contributed by atoms with Crippen molar-refractivity contribution in [2.24, 2.45) is 0 Å². The second-order valence-corrected chi connectivity index (χ2v) is 9.85. The fraction of sp³-hybridized carbons (Fsp3) is 0.625. The summed E-state index contributed by atoms with van der Waals surface area (Å²) in [6.45, 7) is 13.0. The molecule has 0 aliphatic rings. The molecule has 0 N–H and O–H groups in total. The van der Waals surface area contributed by atoms with Gasteiger partial charge in [-0.25, -0.2) is 9.24 Å². The maximum atomic E-state index is 12.9. The first-order valence-corrected chi connectivity index (χ1v) is 7.87. The van der Waals surface area contributed by atoms with Crippen LogP contribution in [0, 0.1) is 6.57 Å². The molecule has 1 nitrogen and oxygen atoms in total. The van der Waals surface area contributed by atoms with E-state index >= 15 is 0 Å². The molecule has 4 heteroatoms. The average molecular weight is 206 g/mol. The van der Waals surface area contributed by atoms with Crippen LogP contribution in [0.2, 0.25) is 25.7 Å². The molecule has 0 spiro atoms. The van der Waals surface area contributed by atoms with Gasteiger partial charge in [-0.1, -0.05) is 25.7 Å². The number of hydrogen-bond donors (Lipinski definition) is 0. The van der Waals surface area contributed by atoms with E-state index in [1.807, 2.05) is 0 Å². The zero-order valence-electron chi connectivity index (χ0n) is 7.62. The van der Waals surface area contributed by atoms with E-state index in [0.29, 0.717) is 6.42 Å². The minimum atomic E-state index is -1.21. The Morgan fingerprint density at radius 3 is 2.33 bits per heavy atom. The first-order chi connectivity index (χ1) is 5.37. The van der Waals surface area contributed by atoms with E-state index in [-0.39, 0.29) is 5.16 Å². The summed E-state index contributed by atoms with van der Waals surface area (Å²) in [6, 6.07) is 0.838. The van der Waals surface area contributed by atoms with Crippen LogP contribution in [0.15, 0.2) is 11.0 Å². The highest BCUT2D eigenvalue weighted by Crippen LogP contribution is 2.21. The highest BCUT2D eigenvalue weighted by Gasteiger charge is 2.14. The summed E-state index contributed by atoms with van der Waals surface area (Å²) in [7, 11) is -1.21. The molecule has 68 valence electrons. The molecule has 0 aromatic carbocycles. The molecule has 0 radical (unpaired) electrons. The number of nitrogens with zero attached hydrogens (tertiary/aromatic N) is 1. The molecule has 0 saturated carbocycles. The van der Waals surface area contributed by atoms with Crippen molar-refractivity contribution in [2.45, 2.75) is 32.1 Å². The molecule has 0 saturated heterocycles. The largest absolute Gasteiger partial charge is 0.283 e. The highest BCUT2D eigenvalue weighted by atomic mass is 35.5. The Kier molecular flexibility index (Phi) is 4.51. The first-order valence-electron chi connectivity index (χ1n) is 3.78. The average Bonchev–Trinajstić information content (AvgIpc) is 1.97. The summed E-state index contributed by atoms with van der Waals surface area (Å²) < 4.78 is 12.9. The lowest BCUT2D eigenvalue weighted by molar-refractivity contribution is 0.599. The number of hydrogen-bond acceptors (Lipinski definition) is 0. The van der Waals surface area contributed by atoms with Crippen LogP contribution in [0.3, 0.4) is 0 Å². The lowest BCUT2D eigenvalue weighted by Crippen LogP contribution is -2.18.